The number of nitrogens with zero attached hydrogens (tertiary/aromatic N) is 3. The number of rotatable bonds is 5. The van der Waals surface area contributed by atoms with Gasteiger partial charge in [0.05, 0.1) is 22.8 Å². The molecule has 0 fully saturated rings. The molecule has 150 valence electrons. The fourth-order valence-corrected chi connectivity index (χ4v) is 3.85. The van der Waals surface area contributed by atoms with Gasteiger partial charge >= 0.3 is 0 Å². The number of pyridine rings is 1. The molecular weight excluding hydrogens is 368 g/mol. The van der Waals surface area contributed by atoms with Crippen LogP contribution in [-0.4, -0.2) is 30.6 Å². The lowest BCUT2D eigenvalue weighted by Crippen LogP contribution is -2.28. The standard InChI is InChI=1S/C21H24N6O2/c1-11-14(21(29)25-20-18(11)12(2)26-27(20)4)9-10-17(28)22-13(3)19-23-15-7-5-6-8-16(15)24-19/h5-8,13H,9-10H2,1-4H3,(H,22,28)(H,23,24)(H,25,29)/t13-/m0/s1. The molecule has 0 unspecified atom stereocenters. The van der Waals surface area contributed by atoms with Gasteiger partial charge in [-0.3, -0.25) is 14.3 Å². The van der Waals surface area contributed by atoms with E-state index in [-0.39, 0.29) is 23.9 Å². The quantitative estimate of drug-likeness (QED) is 0.485. The van der Waals surface area contributed by atoms with Gasteiger partial charge in [0.15, 0.2) is 0 Å². The van der Waals surface area contributed by atoms with E-state index in [1.807, 2.05) is 45.0 Å². The van der Waals surface area contributed by atoms with E-state index >= 15 is 0 Å². The molecule has 0 aliphatic heterocycles. The van der Waals surface area contributed by atoms with Gasteiger partial charge in [0.1, 0.15) is 11.5 Å². The number of benzene rings is 1. The zero-order valence-corrected chi connectivity index (χ0v) is 17.0. The number of para-hydroxylation sites is 2. The topological polar surface area (TPSA) is 108 Å². The Balaban J connectivity index is 1.48. The molecule has 3 aromatic heterocycles. The molecule has 4 rings (SSSR count). The smallest absolute Gasteiger partial charge is 0.253 e. The number of hydrogen-bond donors (Lipinski definition) is 3. The molecule has 1 atom stereocenters. The van der Waals surface area contributed by atoms with Gasteiger partial charge in [-0.2, -0.15) is 5.10 Å². The van der Waals surface area contributed by atoms with Crippen molar-refractivity contribution in [2.45, 2.75) is 39.7 Å². The second-order valence-electron chi connectivity index (χ2n) is 7.42. The molecule has 3 N–H and O–H groups in total. The highest BCUT2D eigenvalue weighted by Gasteiger charge is 2.17. The third-order valence-corrected chi connectivity index (χ3v) is 5.35. The minimum atomic E-state index is -0.252. The van der Waals surface area contributed by atoms with E-state index in [2.05, 4.69) is 25.4 Å². The van der Waals surface area contributed by atoms with E-state index in [9.17, 15) is 9.59 Å². The van der Waals surface area contributed by atoms with Crippen molar-refractivity contribution in [2.24, 2.45) is 7.05 Å². The number of carbonyl (C=O) groups is 1. The monoisotopic (exact) mass is 392 g/mol. The molecule has 0 spiro atoms. The summed E-state index contributed by atoms with van der Waals surface area (Å²) in [6.07, 6.45) is 0.587. The number of amides is 1. The van der Waals surface area contributed by atoms with E-state index < -0.39 is 0 Å². The Hall–Kier alpha value is -3.42. The van der Waals surface area contributed by atoms with Crippen molar-refractivity contribution in [3.8, 4) is 0 Å². The molecule has 0 aliphatic rings. The number of carbonyl (C=O) groups excluding carboxylic acids is 1. The molecule has 1 amide bonds. The summed E-state index contributed by atoms with van der Waals surface area (Å²) >= 11 is 0. The van der Waals surface area contributed by atoms with Gasteiger partial charge in [0.2, 0.25) is 5.91 Å². The summed E-state index contributed by atoms with van der Waals surface area (Å²) in [6.45, 7) is 5.72. The second kappa shape index (κ2) is 7.20. The highest BCUT2D eigenvalue weighted by Crippen LogP contribution is 2.21. The summed E-state index contributed by atoms with van der Waals surface area (Å²) in [5, 5.41) is 8.28. The number of aryl methyl sites for hydroxylation is 3. The van der Waals surface area contributed by atoms with Crippen molar-refractivity contribution >= 4 is 28.0 Å². The lowest BCUT2D eigenvalue weighted by molar-refractivity contribution is -0.121. The van der Waals surface area contributed by atoms with Crippen molar-refractivity contribution in [1.82, 2.24) is 30.0 Å². The highest BCUT2D eigenvalue weighted by atomic mass is 16.1. The Bertz CT molecular complexity index is 1250. The van der Waals surface area contributed by atoms with Crippen LogP contribution in [0.3, 0.4) is 0 Å². The fraction of sp³-hybridized carbons (Fsp3) is 0.333. The van der Waals surface area contributed by atoms with E-state index in [4.69, 9.17) is 0 Å². The SMILES string of the molecule is Cc1nn(C)c2[nH]c(=O)c(CCC(=O)N[C@@H](C)c3nc4ccccc4[nH]3)c(C)c12. The summed E-state index contributed by atoms with van der Waals surface area (Å²) in [6, 6.07) is 7.49. The summed E-state index contributed by atoms with van der Waals surface area (Å²) in [7, 11) is 1.80. The number of aromatic amines is 2. The van der Waals surface area contributed by atoms with E-state index in [1.165, 1.54) is 0 Å². The Kier molecular flexibility index (Phi) is 4.70. The molecule has 0 bridgehead atoms. The first-order chi connectivity index (χ1) is 13.8. The molecule has 0 saturated heterocycles. The third kappa shape index (κ3) is 3.41. The average Bonchev–Trinajstić information content (AvgIpc) is 3.22. The summed E-state index contributed by atoms with van der Waals surface area (Å²) in [5.74, 6) is 0.584. The van der Waals surface area contributed by atoms with Crippen LogP contribution < -0.4 is 10.9 Å². The van der Waals surface area contributed by atoms with Crippen LogP contribution in [0.15, 0.2) is 29.1 Å². The lowest BCUT2D eigenvalue weighted by atomic mass is 10.0. The van der Waals surface area contributed by atoms with Gasteiger partial charge in [-0.05, 0) is 44.9 Å². The molecule has 1 aromatic carbocycles. The summed E-state index contributed by atoms with van der Waals surface area (Å²) < 4.78 is 1.67. The molecule has 29 heavy (non-hydrogen) atoms. The van der Waals surface area contributed by atoms with Gasteiger partial charge in [0.25, 0.3) is 5.56 Å². The highest BCUT2D eigenvalue weighted by molar-refractivity contribution is 5.83. The van der Waals surface area contributed by atoms with Gasteiger partial charge < -0.3 is 15.3 Å². The number of H-pyrrole nitrogens is 2. The number of nitrogens with one attached hydrogen (secondary N) is 3. The van der Waals surface area contributed by atoms with Crippen LogP contribution in [0.25, 0.3) is 22.1 Å². The van der Waals surface area contributed by atoms with E-state index in [0.29, 0.717) is 23.5 Å². The van der Waals surface area contributed by atoms with Crippen molar-refractivity contribution in [3.63, 3.8) is 0 Å². The number of fused-ring (bicyclic) bond motifs is 2. The molecule has 8 nitrogen and oxygen atoms in total. The molecular formula is C21H24N6O2. The second-order valence-corrected chi connectivity index (χ2v) is 7.42. The number of hydrogen-bond acceptors (Lipinski definition) is 4. The Morgan fingerprint density at radius 3 is 2.76 bits per heavy atom. The van der Waals surface area contributed by atoms with E-state index in [0.717, 1.165) is 27.7 Å². The van der Waals surface area contributed by atoms with Crippen LogP contribution in [0.5, 0.6) is 0 Å². The maximum absolute atomic E-state index is 12.5. The summed E-state index contributed by atoms with van der Waals surface area (Å²) in [5.41, 5.74) is 4.71. The average molecular weight is 392 g/mol. The van der Waals surface area contributed by atoms with Gasteiger partial charge in [-0.25, -0.2) is 4.98 Å². The third-order valence-electron chi connectivity index (χ3n) is 5.35. The van der Waals surface area contributed by atoms with Crippen LogP contribution in [0.2, 0.25) is 0 Å². The molecule has 3 heterocycles. The molecule has 4 aromatic rings. The summed E-state index contributed by atoms with van der Waals surface area (Å²) in [4.78, 5) is 35.7. The molecule has 0 radical (unpaired) electrons. The first-order valence-corrected chi connectivity index (χ1v) is 9.64. The first-order valence-electron chi connectivity index (χ1n) is 9.64. The normalized spacial score (nSPS) is 12.6. The van der Waals surface area contributed by atoms with Gasteiger partial charge in [-0.15, -0.1) is 0 Å². The van der Waals surface area contributed by atoms with E-state index in [1.54, 1.807) is 11.7 Å². The maximum atomic E-state index is 12.5. The van der Waals surface area contributed by atoms with Crippen molar-refractivity contribution < 1.29 is 4.79 Å². The predicted molar refractivity (Wildman–Crippen MR) is 112 cm³/mol. The Morgan fingerprint density at radius 2 is 2.00 bits per heavy atom. The fourth-order valence-electron chi connectivity index (χ4n) is 3.85. The molecule has 0 aliphatic carbocycles. The lowest BCUT2D eigenvalue weighted by Gasteiger charge is -2.12. The van der Waals surface area contributed by atoms with Crippen molar-refractivity contribution in [1.29, 1.82) is 0 Å². The zero-order valence-electron chi connectivity index (χ0n) is 17.0. The predicted octanol–water partition coefficient (Wildman–Crippen LogP) is 2.56. The molecule has 0 saturated carbocycles. The van der Waals surface area contributed by atoms with Crippen LogP contribution in [-0.2, 0) is 18.3 Å². The van der Waals surface area contributed by atoms with Gasteiger partial charge in [-0.1, -0.05) is 12.1 Å². The minimum absolute atomic E-state index is 0.125. The van der Waals surface area contributed by atoms with Crippen LogP contribution in [0, 0.1) is 13.8 Å². The van der Waals surface area contributed by atoms with Crippen LogP contribution in [0.1, 0.15) is 42.0 Å². The largest absolute Gasteiger partial charge is 0.346 e. The van der Waals surface area contributed by atoms with Gasteiger partial charge in [0, 0.05) is 24.4 Å². The van der Waals surface area contributed by atoms with Crippen LogP contribution >= 0.6 is 0 Å². The van der Waals surface area contributed by atoms with Crippen molar-refractivity contribution in [3.05, 3.63) is 57.3 Å². The Labute approximate surface area is 167 Å². The Morgan fingerprint density at radius 1 is 1.24 bits per heavy atom. The van der Waals surface area contributed by atoms with Crippen LogP contribution in [0.4, 0.5) is 0 Å². The minimum Gasteiger partial charge on any atom is -0.346 e. The molecule has 8 heteroatoms. The van der Waals surface area contributed by atoms with Crippen molar-refractivity contribution in [2.75, 3.05) is 0 Å². The number of aromatic nitrogens is 5. The zero-order chi connectivity index (χ0) is 20.7. The maximum Gasteiger partial charge on any atom is 0.253 e. The number of imidazole rings is 1. The first kappa shape index (κ1) is 18.9.